The maximum absolute atomic E-state index is 12.7. The van der Waals surface area contributed by atoms with Crippen LogP contribution in [-0.2, 0) is 21.2 Å². The van der Waals surface area contributed by atoms with Crippen LogP contribution in [0.4, 0.5) is 0 Å². The number of rotatable bonds is 11. The number of amides is 1. The first-order valence-corrected chi connectivity index (χ1v) is 13.9. The van der Waals surface area contributed by atoms with Crippen molar-refractivity contribution in [1.82, 2.24) is 9.88 Å². The van der Waals surface area contributed by atoms with E-state index in [9.17, 15) is 13.2 Å². The fourth-order valence-electron chi connectivity index (χ4n) is 3.48. The van der Waals surface area contributed by atoms with Crippen LogP contribution in [0.25, 0.3) is 5.57 Å². The molecule has 0 aliphatic carbocycles. The normalized spacial score (nSPS) is 11.9. The maximum Gasteiger partial charge on any atom is 0.297 e. The molecule has 0 radical (unpaired) electrons. The van der Waals surface area contributed by atoms with E-state index in [1.54, 1.807) is 27.0 Å². The van der Waals surface area contributed by atoms with E-state index < -0.39 is 15.9 Å². The van der Waals surface area contributed by atoms with Crippen molar-refractivity contribution in [2.24, 2.45) is 0 Å². The number of carbonyl (C=O) groups excluding carboxylic acids is 1. The number of hydrogen-bond acceptors (Lipinski definition) is 8. The molecular weight excluding hydrogens is 520 g/mol. The molecule has 0 unspecified atom stereocenters. The number of hydrogen-bond donors (Lipinski definition) is 1. The molecule has 9 nitrogen and oxygen atoms in total. The Labute approximate surface area is 230 Å². The number of carbonyl (C=O) groups is 1. The Morgan fingerprint density at radius 2 is 1.77 bits per heavy atom. The van der Waals surface area contributed by atoms with Crippen LogP contribution in [0, 0.1) is 20.8 Å². The van der Waals surface area contributed by atoms with Crippen LogP contribution in [0.15, 0.2) is 74.9 Å². The van der Waals surface area contributed by atoms with Gasteiger partial charge in [-0.2, -0.15) is 8.42 Å². The van der Waals surface area contributed by atoms with Gasteiger partial charge in [-0.15, -0.1) is 0 Å². The predicted molar refractivity (Wildman–Crippen MR) is 150 cm³/mol. The summed E-state index contributed by atoms with van der Waals surface area (Å²) < 4.78 is 48.8. The summed E-state index contributed by atoms with van der Waals surface area (Å²) in [6, 6.07) is 8.94. The highest BCUT2D eigenvalue weighted by Crippen LogP contribution is 2.23. The Bertz CT molecular complexity index is 1420. The van der Waals surface area contributed by atoms with Gasteiger partial charge in [-0.25, -0.2) is 4.72 Å². The SMILES string of the molecule is C=C/C(=C\C=C(/C)OC)c1ccc(OCCc2cc(S(=O)(=O)NC(=O)c3c(C)noc3C)oc2C)cc1.CC. The molecule has 3 rings (SSSR count). The standard InChI is InChI=1S/C27H30N2O7S.C2H6/c1-7-21(9-8-17(2)33-6)22-10-12-24(13-11-22)34-15-14-23-16-25(35-19(23)4)37(31,32)29-27(30)26-18(3)28-36-20(26)5;1-2/h7-13,16H,1,14-15H2,2-6H3,(H,29,30);1-2H3/b17-8+,21-9+;. The number of sulfonamides is 1. The quantitative estimate of drug-likeness (QED) is 0.223. The lowest BCUT2D eigenvalue weighted by Gasteiger charge is -2.07. The van der Waals surface area contributed by atoms with Gasteiger partial charge in [-0.05, 0) is 62.6 Å². The molecule has 0 spiro atoms. The van der Waals surface area contributed by atoms with Crippen LogP contribution < -0.4 is 9.46 Å². The van der Waals surface area contributed by atoms with Gasteiger partial charge in [0.2, 0.25) is 5.09 Å². The minimum absolute atomic E-state index is 0.0729. The molecule has 0 saturated heterocycles. The maximum atomic E-state index is 12.7. The zero-order valence-electron chi connectivity index (χ0n) is 23.5. The third-order valence-corrected chi connectivity index (χ3v) is 6.80. The van der Waals surface area contributed by atoms with Crippen molar-refractivity contribution in [2.75, 3.05) is 13.7 Å². The van der Waals surface area contributed by atoms with Gasteiger partial charge in [0.05, 0.1) is 25.2 Å². The molecule has 1 aromatic carbocycles. The third kappa shape index (κ3) is 8.22. The second-order valence-corrected chi connectivity index (χ2v) is 9.82. The number of methoxy groups -OCH3 is 1. The number of aromatic nitrogens is 1. The molecular formula is C29H36N2O7S. The van der Waals surface area contributed by atoms with Crippen molar-refractivity contribution >= 4 is 21.5 Å². The Morgan fingerprint density at radius 3 is 2.33 bits per heavy atom. The molecule has 0 fully saturated rings. The summed E-state index contributed by atoms with van der Waals surface area (Å²) in [7, 11) is -2.61. The first-order valence-electron chi connectivity index (χ1n) is 12.4. The number of benzene rings is 1. The van der Waals surface area contributed by atoms with Gasteiger partial charge in [0.25, 0.3) is 15.9 Å². The summed E-state index contributed by atoms with van der Waals surface area (Å²) in [5.41, 5.74) is 2.93. The molecule has 0 saturated carbocycles. The van der Waals surface area contributed by atoms with Crippen molar-refractivity contribution in [3.8, 4) is 5.75 Å². The zero-order chi connectivity index (χ0) is 29.2. The number of aryl methyl sites for hydroxylation is 3. The van der Waals surface area contributed by atoms with Gasteiger partial charge in [0, 0.05) is 12.5 Å². The zero-order valence-corrected chi connectivity index (χ0v) is 24.3. The van der Waals surface area contributed by atoms with Crippen LogP contribution >= 0.6 is 0 Å². The van der Waals surface area contributed by atoms with Gasteiger partial charge < -0.3 is 18.4 Å². The minimum atomic E-state index is -4.23. The first kappa shape index (κ1) is 31.2. The monoisotopic (exact) mass is 556 g/mol. The number of nitrogens with one attached hydrogen (secondary N) is 1. The second kappa shape index (κ2) is 14.2. The van der Waals surface area contributed by atoms with Gasteiger partial charge in [0.15, 0.2) is 0 Å². The summed E-state index contributed by atoms with van der Waals surface area (Å²) in [4.78, 5) is 12.5. The topological polar surface area (TPSA) is 121 Å². The van der Waals surface area contributed by atoms with Gasteiger partial charge in [-0.1, -0.05) is 49.9 Å². The van der Waals surface area contributed by atoms with Gasteiger partial charge in [-0.3, -0.25) is 4.79 Å². The molecule has 0 aliphatic heterocycles. The Balaban J connectivity index is 0.00000260. The third-order valence-electron chi connectivity index (χ3n) is 5.62. The molecule has 1 amide bonds. The summed E-state index contributed by atoms with van der Waals surface area (Å²) in [5, 5.41) is 3.31. The fourth-order valence-corrected chi connectivity index (χ4v) is 4.46. The first-order chi connectivity index (χ1) is 18.6. The highest BCUT2D eigenvalue weighted by atomic mass is 32.2. The summed E-state index contributed by atoms with van der Waals surface area (Å²) in [6.07, 6.45) is 5.96. The average Bonchev–Trinajstić information content (AvgIpc) is 3.47. The molecule has 1 N–H and O–H groups in total. The van der Waals surface area contributed by atoms with E-state index in [0.717, 1.165) is 16.9 Å². The number of allylic oxidation sites excluding steroid dienone is 5. The van der Waals surface area contributed by atoms with Crippen LogP contribution in [0.2, 0.25) is 0 Å². The molecule has 39 heavy (non-hydrogen) atoms. The summed E-state index contributed by atoms with van der Waals surface area (Å²) in [5.74, 6) is 1.26. The van der Waals surface area contributed by atoms with E-state index in [1.165, 1.54) is 13.0 Å². The number of ether oxygens (including phenoxy) is 2. The fraction of sp³-hybridized carbons (Fsp3) is 0.310. The van der Waals surface area contributed by atoms with Crippen LogP contribution in [0.1, 0.15) is 59.5 Å². The lowest BCUT2D eigenvalue weighted by molar-refractivity contribution is 0.0978. The molecule has 3 aromatic rings. The lowest BCUT2D eigenvalue weighted by Crippen LogP contribution is -2.31. The van der Waals surface area contributed by atoms with E-state index >= 15 is 0 Å². The second-order valence-electron chi connectivity index (χ2n) is 8.21. The Morgan fingerprint density at radius 1 is 1.10 bits per heavy atom. The predicted octanol–water partition coefficient (Wildman–Crippen LogP) is 6.08. The smallest absolute Gasteiger partial charge is 0.297 e. The molecule has 2 heterocycles. The molecule has 210 valence electrons. The van der Waals surface area contributed by atoms with Crippen molar-refractivity contribution in [2.45, 2.75) is 53.1 Å². The van der Waals surface area contributed by atoms with Crippen LogP contribution in [-0.4, -0.2) is 33.2 Å². The Hall–Kier alpha value is -4.05. The van der Waals surface area contributed by atoms with Crippen molar-refractivity contribution in [3.05, 3.63) is 94.8 Å². The van der Waals surface area contributed by atoms with E-state index in [4.69, 9.17) is 18.4 Å². The largest absolute Gasteiger partial charge is 0.501 e. The minimum Gasteiger partial charge on any atom is -0.501 e. The summed E-state index contributed by atoms with van der Waals surface area (Å²) in [6.45, 7) is 14.8. The van der Waals surface area contributed by atoms with E-state index in [2.05, 4.69) is 11.7 Å². The van der Waals surface area contributed by atoms with Crippen molar-refractivity contribution < 1.29 is 31.6 Å². The highest BCUT2D eigenvalue weighted by Gasteiger charge is 2.27. The van der Waals surface area contributed by atoms with E-state index in [-0.39, 0.29) is 16.4 Å². The molecule has 0 aliphatic rings. The molecule has 10 heteroatoms. The van der Waals surface area contributed by atoms with Gasteiger partial charge >= 0.3 is 0 Å². The van der Waals surface area contributed by atoms with Crippen LogP contribution in [0.3, 0.4) is 0 Å². The highest BCUT2D eigenvalue weighted by molar-refractivity contribution is 7.90. The molecule has 0 atom stereocenters. The Kier molecular flexibility index (Phi) is 11.3. The lowest BCUT2D eigenvalue weighted by atomic mass is 10.1. The van der Waals surface area contributed by atoms with E-state index in [0.29, 0.717) is 35.8 Å². The number of furan rings is 1. The molecule has 2 aromatic heterocycles. The van der Waals surface area contributed by atoms with Crippen molar-refractivity contribution in [3.63, 3.8) is 0 Å². The van der Waals surface area contributed by atoms with E-state index in [1.807, 2.05) is 61.9 Å². The van der Waals surface area contributed by atoms with Crippen molar-refractivity contribution in [1.29, 1.82) is 0 Å². The van der Waals surface area contributed by atoms with Gasteiger partial charge in [0.1, 0.15) is 22.8 Å². The average molecular weight is 557 g/mol. The molecule has 0 bridgehead atoms. The summed E-state index contributed by atoms with van der Waals surface area (Å²) >= 11 is 0. The van der Waals surface area contributed by atoms with Crippen LogP contribution in [0.5, 0.6) is 5.75 Å². The number of nitrogens with zero attached hydrogens (tertiary/aromatic N) is 1.